The SMILES string of the molecule is O=C(NCc1ccccn1)c1ccnc(C(=O)NCCc2ccc(F)cc2)c1. The van der Waals surface area contributed by atoms with E-state index in [0.29, 0.717) is 25.1 Å². The van der Waals surface area contributed by atoms with Gasteiger partial charge >= 0.3 is 0 Å². The van der Waals surface area contributed by atoms with Crippen molar-refractivity contribution >= 4 is 11.8 Å². The first-order valence-electron chi connectivity index (χ1n) is 8.78. The molecule has 1 aromatic carbocycles. The van der Waals surface area contributed by atoms with Crippen LogP contribution in [0.2, 0.25) is 0 Å². The van der Waals surface area contributed by atoms with Gasteiger partial charge in [0.15, 0.2) is 0 Å². The summed E-state index contributed by atoms with van der Waals surface area (Å²) in [7, 11) is 0. The van der Waals surface area contributed by atoms with Gasteiger partial charge < -0.3 is 10.6 Å². The molecule has 0 aliphatic heterocycles. The molecular weight excluding hydrogens is 359 g/mol. The van der Waals surface area contributed by atoms with Crippen molar-refractivity contribution in [3.63, 3.8) is 0 Å². The Balaban J connectivity index is 1.53. The molecule has 0 saturated carbocycles. The molecule has 0 radical (unpaired) electrons. The smallest absolute Gasteiger partial charge is 0.269 e. The first-order valence-corrected chi connectivity index (χ1v) is 8.78. The van der Waals surface area contributed by atoms with Crippen LogP contribution in [0.3, 0.4) is 0 Å². The van der Waals surface area contributed by atoms with Crippen LogP contribution in [0.5, 0.6) is 0 Å². The predicted molar refractivity (Wildman–Crippen MR) is 102 cm³/mol. The molecule has 7 heteroatoms. The maximum atomic E-state index is 12.9. The first-order chi connectivity index (χ1) is 13.6. The van der Waals surface area contributed by atoms with Crippen LogP contribution in [0, 0.1) is 5.82 Å². The van der Waals surface area contributed by atoms with Gasteiger partial charge in [0.05, 0.1) is 12.2 Å². The Bertz CT molecular complexity index is 946. The standard InChI is InChI=1S/C21H19FN4O2/c22-17-6-4-15(5-7-17)8-11-25-21(28)19-13-16(9-12-24-19)20(27)26-14-18-3-1-2-10-23-18/h1-7,9-10,12-13H,8,11,14H2,(H,25,28)(H,26,27). The Labute approximate surface area is 161 Å². The molecule has 2 N–H and O–H groups in total. The second-order valence-corrected chi connectivity index (χ2v) is 6.07. The van der Waals surface area contributed by atoms with Gasteiger partial charge in [-0.05, 0) is 48.4 Å². The van der Waals surface area contributed by atoms with E-state index in [4.69, 9.17) is 0 Å². The highest BCUT2D eigenvalue weighted by Crippen LogP contribution is 2.05. The predicted octanol–water partition coefficient (Wildman–Crippen LogP) is 2.52. The number of nitrogens with one attached hydrogen (secondary N) is 2. The lowest BCUT2D eigenvalue weighted by Gasteiger charge is -2.07. The van der Waals surface area contributed by atoms with Crippen LogP contribution in [0.25, 0.3) is 0 Å². The molecule has 0 aliphatic rings. The molecule has 2 amide bonds. The van der Waals surface area contributed by atoms with E-state index >= 15 is 0 Å². The molecule has 0 aliphatic carbocycles. The number of nitrogens with zero attached hydrogens (tertiary/aromatic N) is 2. The van der Waals surface area contributed by atoms with Crippen molar-refractivity contribution in [2.24, 2.45) is 0 Å². The van der Waals surface area contributed by atoms with Gasteiger partial charge in [0.1, 0.15) is 11.5 Å². The van der Waals surface area contributed by atoms with Crippen molar-refractivity contribution in [2.45, 2.75) is 13.0 Å². The zero-order valence-corrected chi connectivity index (χ0v) is 15.1. The van der Waals surface area contributed by atoms with Gasteiger partial charge in [-0.25, -0.2) is 4.39 Å². The molecule has 3 rings (SSSR count). The number of aromatic nitrogens is 2. The quantitative estimate of drug-likeness (QED) is 0.662. The van der Waals surface area contributed by atoms with E-state index in [9.17, 15) is 14.0 Å². The molecule has 2 heterocycles. The molecule has 0 unspecified atom stereocenters. The summed E-state index contributed by atoms with van der Waals surface area (Å²) in [5.41, 5.74) is 2.15. The van der Waals surface area contributed by atoms with E-state index in [2.05, 4.69) is 20.6 Å². The van der Waals surface area contributed by atoms with Crippen molar-refractivity contribution in [1.82, 2.24) is 20.6 Å². The second-order valence-electron chi connectivity index (χ2n) is 6.07. The molecule has 0 spiro atoms. The highest BCUT2D eigenvalue weighted by atomic mass is 19.1. The largest absolute Gasteiger partial charge is 0.350 e. The molecule has 0 atom stereocenters. The van der Waals surface area contributed by atoms with Gasteiger partial charge in [0.25, 0.3) is 11.8 Å². The summed E-state index contributed by atoms with van der Waals surface area (Å²) in [6.07, 6.45) is 3.64. The fraction of sp³-hybridized carbons (Fsp3) is 0.143. The second kappa shape index (κ2) is 9.36. The number of carbonyl (C=O) groups is 2. The van der Waals surface area contributed by atoms with Gasteiger partial charge in [0.2, 0.25) is 0 Å². The number of pyridine rings is 2. The number of carbonyl (C=O) groups excluding carboxylic acids is 2. The normalized spacial score (nSPS) is 10.3. The lowest BCUT2D eigenvalue weighted by molar-refractivity contribution is 0.0949. The summed E-state index contributed by atoms with van der Waals surface area (Å²) in [4.78, 5) is 32.7. The Hall–Kier alpha value is -3.61. The van der Waals surface area contributed by atoms with Gasteiger partial charge in [0, 0.05) is 24.5 Å². The average Bonchev–Trinajstić information content (AvgIpc) is 2.74. The Morgan fingerprint density at radius 2 is 1.71 bits per heavy atom. The maximum absolute atomic E-state index is 12.9. The van der Waals surface area contributed by atoms with Crippen molar-refractivity contribution in [3.05, 3.63) is 95.3 Å². The Morgan fingerprint density at radius 3 is 2.46 bits per heavy atom. The van der Waals surface area contributed by atoms with Crippen molar-refractivity contribution in [3.8, 4) is 0 Å². The summed E-state index contributed by atoms with van der Waals surface area (Å²) in [6, 6.07) is 14.6. The summed E-state index contributed by atoms with van der Waals surface area (Å²) in [5.74, 6) is -0.981. The number of rotatable bonds is 7. The highest BCUT2D eigenvalue weighted by Gasteiger charge is 2.11. The molecule has 6 nitrogen and oxygen atoms in total. The number of halogens is 1. The van der Waals surface area contributed by atoms with E-state index in [1.165, 1.54) is 24.4 Å². The lowest BCUT2D eigenvalue weighted by Crippen LogP contribution is -2.28. The van der Waals surface area contributed by atoms with E-state index in [-0.39, 0.29) is 23.3 Å². The molecule has 0 bridgehead atoms. The van der Waals surface area contributed by atoms with Gasteiger partial charge in [-0.15, -0.1) is 0 Å². The molecule has 0 saturated heterocycles. The minimum absolute atomic E-state index is 0.157. The summed E-state index contributed by atoms with van der Waals surface area (Å²) < 4.78 is 12.9. The molecule has 3 aromatic rings. The molecule has 28 heavy (non-hydrogen) atoms. The van der Waals surface area contributed by atoms with Gasteiger partial charge in [-0.2, -0.15) is 0 Å². The number of hydrogen-bond donors (Lipinski definition) is 2. The summed E-state index contributed by atoms with van der Waals surface area (Å²) in [5, 5.41) is 5.51. The summed E-state index contributed by atoms with van der Waals surface area (Å²) in [6.45, 7) is 0.670. The topological polar surface area (TPSA) is 84.0 Å². The van der Waals surface area contributed by atoms with E-state index in [1.54, 1.807) is 30.5 Å². The summed E-state index contributed by atoms with van der Waals surface area (Å²) >= 11 is 0. The van der Waals surface area contributed by atoms with Crippen LogP contribution < -0.4 is 10.6 Å². The Kier molecular flexibility index (Phi) is 6.41. The zero-order chi connectivity index (χ0) is 19.8. The van der Waals surface area contributed by atoms with E-state index in [0.717, 1.165) is 11.3 Å². The van der Waals surface area contributed by atoms with Crippen LogP contribution in [0.15, 0.2) is 67.0 Å². The Morgan fingerprint density at radius 1 is 0.893 bits per heavy atom. The third-order valence-corrected chi connectivity index (χ3v) is 4.02. The third-order valence-electron chi connectivity index (χ3n) is 4.02. The first kappa shape index (κ1) is 19.2. The van der Waals surface area contributed by atoms with Crippen LogP contribution in [-0.2, 0) is 13.0 Å². The van der Waals surface area contributed by atoms with Crippen molar-refractivity contribution < 1.29 is 14.0 Å². The fourth-order valence-corrected chi connectivity index (χ4v) is 2.53. The lowest BCUT2D eigenvalue weighted by atomic mass is 10.1. The zero-order valence-electron chi connectivity index (χ0n) is 15.1. The molecule has 0 fully saturated rings. The average molecular weight is 378 g/mol. The van der Waals surface area contributed by atoms with Crippen molar-refractivity contribution in [2.75, 3.05) is 6.54 Å². The fourth-order valence-electron chi connectivity index (χ4n) is 2.53. The third kappa shape index (κ3) is 5.44. The maximum Gasteiger partial charge on any atom is 0.269 e. The van der Waals surface area contributed by atoms with Crippen LogP contribution in [0.4, 0.5) is 4.39 Å². The van der Waals surface area contributed by atoms with E-state index < -0.39 is 0 Å². The highest BCUT2D eigenvalue weighted by molar-refractivity contribution is 5.98. The monoisotopic (exact) mass is 378 g/mol. The molecular formula is C21H19FN4O2. The minimum Gasteiger partial charge on any atom is -0.350 e. The van der Waals surface area contributed by atoms with Crippen LogP contribution >= 0.6 is 0 Å². The van der Waals surface area contributed by atoms with Gasteiger partial charge in [-0.3, -0.25) is 19.6 Å². The van der Waals surface area contributed by atoms with Crippen LogP contribution in [-0.4, -0.2) is 28.3 Å². The molecule has 142 valence electrons. The van der Waals surface area contributed by atoms with Crippen LogP contribution in [0.1, 0.15) is 32.1 Å². The number of hydrogen-bond acceptors (Lipinski definition) is 4. The minimum atomic E-state index is -0.374. The van der Waals surface area contributed by atoms with Gasteiger partial charge in [-0.1, -0.05) is 18.2 Å². The van der Waals surface area contributed by atoms with E-state index in [1.807, 2.05) is 12.1 Å². The number of benzene rings is 1. The molecule has 2 aromatic heterocycles. The van der Waals surface area contributed by atoms with Crippen molar-refractivity contribution in [1.29, 1.82) is 0 Å². The number of amides is 2.